The van der Waals surface area contributed by atoms with Crippen LogP contribution in [0, 0.1) is 0 Å². The van der Waals surface area contributed by atoms with Gasteiger partial charge in [-0.05, 0) is 38.5 Å². The van der Waals surface area contributed by atoms with Crippen LogP contribution in [0.15, 0.2) is 23.8 Å². The highest BCUT2D eigenvalue weighted by Crippen LogP contribution is 2.26. The summed E-state index contributed by atoms with van der Waals surface area (Å²) in [5.74, 6) is 4.86. The van der Waals surface area contributed by atoms with Gasteiger partial charge in [0.1, 0.15) is 5.75 Å². The number of hydrogen-bond acceptors (Lipinski definition) is 4. The summed E-state index contributed by atoms with van der Waals surface area (Å²) >= 11 is 0. The molecule has 0 aliphatic heterocycles. The smallest absolute Gasteiger partial charge is 0.260 e. The third kappa shape index (κ3) is 3.99. The van der Waals surface area contributed by atoms with Crippen molar-refractivity contribution in [1.29, 1.82) is 0 Å². The lowest BCUT2D eigenvalue weighted by Gasteiger charge is -2.22. The molecule has 0 atom stereocenters. The summed E-state index contributed by atoms with van der Waals surface area (Å²) in [5, 5.41) is 10.1. The zero-order valence-electron chi connectivity index (χ0n) is 12.3. The Bertz CT molecular complexity index is 498. The molecule has 0 radical (unpaired) electrons. The third-order valence-electron chi connectivity index (χ3n) is 3.12. The Kier molecular flexibility index (Phi) is 6.06. The molecule has 110 valence electrons. The zero-order valence-corrected chi connectivity index (χ0v) is 12.3. The molecule has 0 aliphatic rings. The lowest BCUT2D eigenvalue weighted by Crippen LogP contribution is -2.30. The van der Waals surface area contributed by atoms with Crippen molar-refractivity contribution in [3.05, 3.63) is 29.3 Å². The first-order chi connectivity index (χ1) is 9.53. The Balaban J connectivity index is 3.01. The van der Waals surface area contributed by atoms with E-state index in [0.29, 0.717) is 11.1 Å². The SMILES string of the molecule is CCCN(CC)c1ccc(/C=C(\C)C(=O)NN)c(O)c1. The van der Waals surface area contributed by atoms with E-state index >= 15 is 0 Å². The normalized spacial score (nSPS) is 11.3. The molecule has 1 rings (SSSR count). The average Bonchev–Trinajstić information content (AvgIpc) is 2.45. The number of carbonyl (C=O) groups excluding carboxylic acids is 1. The quantitative estimate of drug-likeness (QED) is 0.322. The lowest BCUT2D eigenvalue weighted by atomic mass is 10.1. The van der Waals surface area contributed by atoms with Crippen molar-refractivity contribution in [2.45, 2.75) is 27.2 Å². The van der Waals surface area contributed by atoms with Crippen LogP contribution in [0.5, 0.6) is 5.75 Å². The van der Waals surface area contributed by atoms with Gasteiger partial charge in [0.15, 0.2) is 0 Å². The number of nitrogens with one attached hydrogen (secondary N) is 1. The maximum Gasteiger partial charge on any atom is 0.260 e. The molecule has 0 aliphatic carbocycles. The number of nitrogens with two attached hydrogens (primary N) is 1. The molecule has 1 aromatic carbocycles. The molecule has 0 fully saturated rings. The summed E-state index contributed by atoms with van der Waals surface area (Å²) in [7, 11) is 0. The van der Waals surface area contributed by atoms with Gasteiger partial charge in [-0.1, -0.05) is 6.92 Å². The molecule has 0 heterocycles. The van der Waals surface area contributed by atoms with Gasteiger partial charge in [-0.2, -0.15) is 0 Å². The van der Waals surface area contributed by atoms with Gasteiger partial charge in [-0.15, -0.1) is 0 Å². The Morgan fingerprint density at radius 2 is 2.15 bits per heavy atom. The number of amides is 1. The number of rotatable bonds is 6. The van der Waals surface area contributed by atoms with Crippen molar-refractivity contribution in [1.82, 2.24) is 5.43 Å². The minimum atomic E-state index is -0.366. The molecule has 5 heteroatoms. The number of hydrazine groups is 1. The van der Waals surface area contributed by atoms with Crippen LogP contribution in [0.25, 0.3) is 6.08 Å². The second kappa shape index (κ2) is 7.55. The van der Waals surface area contributed by atoms with E-state index in [9.17, 15) is 9.90 Å². The van der Waals surface area contributed by atoms with Gasteiger partial charge in [0.05, 0.1) is 0 Å². The number of anilines is 1. The molecular formula is C15H23N3O2. The number of benzene rings is 1. The first-order valence-electron chi connectivity index (χ1n) is 6.80. The monoisotopic (exact) mass is 277 g/mol. The number of aromatic hydroxyl groups is 1. The minimum Gasteiger partial charge on any atom is -0.507 e. The summed E-state index contributed by atoms with van der Waals surface area (Å²) in [6, 6.07) is 5.47. The lowest BCUT2D eigenvalue weighted by molar-refractivity contribution is -0.117. The number of phenols is 1. The average molecular weight is 277 g/mol. The molecule has 1 amide bonds. The van der Waals surface area contributed by atoms with E-state index in [1.54, 1.807) is 25.1 Å². The fourth-order valence-corrected chi connectivity index (χ4v) is 2.00. The number of hydrogen-bond donors (Lipinski definition) is 3. The molecule has 0 saturated carbocycles. The first-order valence-corrected chi connectivity index (χ1v) is 6.80. The molecule has 0 bridgehead atoms. The number of nitrogens with zero attached hydrogens (tertiary/aromatic N) is 1. The van der Waals surface area contributed by atoms with Crippen molar-refractivity contribution in [3.8, 4) is 5.75 Å². The van der Waals surface area contributed by atoms with Gasteiger partial charge in [0.25, 0.3) is 5.91 Å². The van der Waals surface area contributed by atoms with Gasteiger partial charge in [0.2, 0.25) is 0 Å². The Morgan fingerprint density at radius 3 is 2.65 bits per heavy atom. The fourth-order valence-electron chi connectivity index (χ4n) is 2.00. The summed E-state index contributed by atoms with van der Waals surface area (Å²) in [6.45, 7) is 7.67. The molecule has 0 saturated heterocycles. The number of phenolic OH excluding ortho intramolecular Hbond substituents is 1. The molecule has 20 heavy (non-hydrogen) atoms. The predicted molar refractivity (Wildman–Crippen MR) is 82.3 cm³/mol. The molecular weight excluding hydrogens is 254 g/mol. The highest BCUT2D eigenvalue weighted by Gasteiger charge is 2.08. The third-order valence-corrected chi connectivity index (χ3v) is 3.12. The van der Waals surface area contributed by atoms with Crippen molar-refractivity contribution in [2.24, 2.45) is 5.84 Å². The van der Waals surface area contributed by atoms with Crippen LogP contribution in [0.4, 0.5) is 5.69 Å². The maximum atomic E-state index is 11.3. The van der Waals surface area contributed by atoms with E-state index in [-0.39, 0.29) is 11.7 Å². The molecule has 0 aromatic heterocycles. The molecule has 4 N–H and O–H groups in total. The first kappa shape index (κ1) is 16.0. The summed E-state index contributed by atoms with van der Waals surface area (Å²) in [6.07, 6.45) is 2.66. The molecule has 0 unspecified atom stereocenters. The van der Waals surface area contributed by atoms with Crippen molar-refractivity contribution in [3.63, 3.8) is 0 Å². The fraction of sp³-hybridized carbons (Fsp3) is 0.400. The van der Waals surface area contributed by atoms with Crippen LogP contribution in [0.3, 0.4) is 0 Å². The molecule has 0 spiro atoms. The minimum absolute atomic E-state index is 0.154. The van der Waals surface area contributed by atoms with Gasteiger partial charge in [0, 0.05) is 36.0 Å². The van der Waals surface area contributed by atoms with Crippen molar-refractivity contribution >= 4 is 17.7 Å². The van der Waals surface area contributed by atoms with E-state index < -0.39 is 0 Å². The van der Waals surface area contributed by atoms with Gasteiger partial charge in [-0.3, -0.25) is 10.2 Å². The zero-order chi connectivity index (χ0) is 15.1. The van der Waals surface area contributed by atoms with Crippen LogP contribution >= 0.6 is 0 Å². The van der Waals surface area contributed by atoms with Crippen LogP contribution in [-0.2, 0) is 4.79 Å². The molecule has 1 aromatic rings. The van der Waals surface area contributed by atoms with E-state index in [1.807, 2.05) is 6.07 Å². The van der Waals surface area contributed by atoms with Gasteiger partial charge < -0.3 is 10.0 Å². The van der Waals surface area contributed by atoms with E-state index in [0.717, 1.165) is 25.2 Å². The van der Waals surface area contributed by atoms with Crippen LogP contribution in [0.1, 0.15) is 32.8 Å². The summed E-state index contributed by atoms with van der Waals surface area (Å²) < 4.78 is 0. The topological polar surface area (TPSA) is 78.6 Å². The Hall–Kier alpha value is -2.01. The van der Waals surface area contributed by atoms with Crippen LogP contribution in [-0.4, -0.2) is 24.1 Å². The standard InChI is InChI=1S/C15H23N3O2/c1-4-8-18(5-2)13-7-6-12(14(19)10-13)9-11(3)15(20)17-16/h6-7,9-10,19H,4-5,8,16H2,1-3H3,(H,17,20)/b11-9+. The predicted octanol–water partition coefficient (Wildman–Crippen LogP) is 2.02. The molecule has 5 nitrogen and oxygen atoms in total. The maximum absolute atomic E-state index is 11.3. The Morgan fingerprint density at radius 1 is 1.45 bits per heavy atom. The van der Waals surface area contributed by atoms with E-state index in [4.69, 9.17) is 5.84 Å². The highest BCUT2D eigenvalue weighted by atomic mass is 16.3. The Labute approximate surface area is 120 Å². The van der Waals surface area contributed by atoms with Gasteiger partial charge >= 0.3 is 0 Å². The van der Waals surface area contributed by atoms with Crippen LogP contribution < -0.4 is 16.2 Å². The summed E-state index contributed by atoms with van der Waals surface area (Å²) in [4.78, 5) is 13.5. The van der Waals surface area contributed by atoms with E-state index in [2.05, 4.69) is 24.2 Å². The largest absolute Gasteiger partial charge is 0.507 e. The second-order valence-corrected chi connectivity index (χ2v) is 4.62. The van der Waals surface area contributed by atoms with Gasteiger partial charge in [-0.25, -0.2) is 5.84 Å². The highest BCUT2D eigenvalue weighted by molar-refractivity contribution is 5.97. The van der Waals surface area contributed by atoms with Crippen molar-refractivity contribution < 1.29 is 9.90 Å². The second-order valence-electron chi connectivity index (χ2n) is 4.62. The van der Waals surface area contributed by atoms with E-state index in [1.165, 1.54) is 0 Å². The summed E-state index contributed by atoms with van der Waals surface area (Å²) in [5.41, 5.74) is 4.08. The van der Waals surface area contributed by atoms with Crippen molar-refractivity contribution in [2.75, 3.05) is 18.0 Å². The van der Waals surface area contributed by atoms with Crippen LogP contribution in [0.2, 0.25) is 0 Å². The number of carbonyl (C=O) groups is 1.